The van der Waals surface area contributed by atoms with Gasteiger partial charge < -0.3 is 11.1 Å². The van der Waals surface area contributed by atoms with Gasteiger partial charge in [0.15, 0.2) is 17.3 Å². The van der Waals surface area contributed by atoms with Crippen LogP contribution in [0.3, 0.4) is 0 Å². The summed E-state index contributed by atoms with van der Waals surface area (Å²) < 4.78 is 99.2. The van der Waals surface area contributed by atoms with Crippen LogP contribution in [-0.2, 0) is 16.2 Å². The van der Waals surface area contributed by atoms with E-state index in [0.29, 0.717) is 22.9 Å². The van der Waals surface area contributed by atoms with Gasteiger partial charge in [0.1, 0.15) is 5.82 Å². The van der Waals surface area contributed by atoms with Crippen molar-refractivity contribution >= 4 is 26.9 Å². The molecule has 0 aliphatic heterocycles. The predicted molar refractivity (Wildman–Crippen MR) is 135 cm³/mol. The maximum atomic E-state index is 14.9. The number of nitrogens with two attached hydrogens (primary N) is 1. The molecule has 206 valence electrons. The molecule has 0 unspecified atom stereocenters. The summed E-state index contributed by atoms with van der Waals surface area (Å²) in [5.74, 6) is -2.58. The lowest BCUT2D eigenvalue weighted by molar-refractivity contribution is -0.137. The van der Waals surface area contributed by atoms with E-state index in [0.717, 1.165) is 36.9 Å². The van der Waals surface area contributed by atoms with E-state index < -0.39 is 44.9 Å². The zero-order valence-corrected chi connectivity index (χ0v) is 21.5. The van der Waals surface area contributed by atoms with Crippen LogP contribution < -0.4 is 11.1 Å². The number of fused-ring (bicyclic) bond motifs is 1. The molecule has 0 radical (unpaired) electrons. The number of alkyl halides is 3. The quantitative estimate of drug-likeness (QED) is 0.305. The molecular weight excluding hydrogens is 541 g/mol. The molecule has 3 heterocycles. The fourth-order valence-electron chi connectivity index (χ4n) is 4.81. The molecule has 0 spiro atoms. The van der Waals surface area contributed by atoms with Crippen LogP contribution in [0.15, 0.2) is 53.7 Å². The van der Waals surface area contributed by atoms with Crippen LogP contribution in [0.2, 0.25) is 0 Å². The molecule has 2 atom stereocenters. The first-order valence-corrected chi connectivity index (χ1v) is 13.6. The molecule has 13 heteroatoms. The molecule has 39 heavy (non-hydrogen) atoms. The second kappa shape index (κ2) is 9.87. The smallest absolute Gasteiger partial charge is 0.365 e. The molecule has 1 saturated carbocycles. The highest BCUT2D eigenvalue weighted by Gasteiger charge is 2.38. The Morgan fingerprint density at radius 2 is 1.82 bits per heavy atom. The molecule has 3 aromatic heterocycles. The Kier molecular flexibility index (Phi) is 6.83. The van der Waals surface area contributed by atoms with Crippen LogP contribution in [-0.4, -0.2) is 34.4 Å². The minimum absolute atomic E-state index is 0.146. The molecule has 7 nitrogen and oxygen atoms in total. The van der Waals surface area contributed by atoms with Gasteiger partial charge in [-0.1, -0.05) is 17.7 Å². The Hall–Kier alpha value is -3.58. The number of aryl methyl sites for hydroxylation is 1. The van der Waals surface area contributed by atoms with Crippen LogP contribution in [0, 0.1) is 18.6 Å². The highest BCUT2D eigenvalue weighted by molar-refractivity contribution is 7.90. The summed E-state index contributed by atoms with van der Waals surface area (Å²) in [7, 11) is -4.36. The van der Waals surface area contributed by atoms with Gasteiger partial charge in [-0.25, -0.2) is 31.1 Å². The molecule has 0 bridgehead atoms. The molecule has 0 amide bonds. The summed E-state index contributed by atoms with van der Waals surface area (Å²) in [5.41, 5.74) is 3.90. The Morgan fingerprint density at radius 1 is 1.10 bits per heavy atom. The third-order valence-corrected chi connectivity index (χ3v) is 8.41. The van der Waals surface area contributed by atoms with Gasteiger partial charge in [-0.2, -0.15) is 13.2 Å². The van der Waals surface area contributed by atoms with Crippen molar-refractivity contribution in [2.24, 2.45) is 5.73 Å². The zero-order chi connectivity index (χ0) is 28.1. The van der Waals surface area contributed by atoms with E-state index in [1.165, 1.54) is 12.1 Å². The lowest BCUT2D eigenvalue weighted by Crippen LogP contribution is -2.35. The summed E-state index contributed by atoms with van der Waals surface area (Å²) in [4.78, 5) is 7.70. The summed E-state index contributed by atoms with van der Waals surface area (Å²) in [6.45, 7) is 1.76. The van der Waals surface area contributed by atoms with Gasteiger partial charge in [0.2, 0.25) is 0 Å². The Balaban J connectivity index is 1.73. The monoisotopic (exact) mass is 565 g/mol. The Morgan fingerprint density at radius 3 is 2.49 bits per heavy atom. The number of halogens is 5. The SMILES string of the molecule is Cc1ccc(S(=O)(=O)n2cc(-c3nc(N[C@H]4CCC[C@@H](N)C4)c(F)cc3C(F)(F)F)c3cc(F)cnc32)cc1. The van der Waals surface area contributed by atoms with Crippen molar-refractivity contribution in [3.8, 4) is 11.3 Å². The summed E-state index contributed by atoms with van der Waals surface area (Å²) in [5, 5.41) is 2.61. The Bertz CT molecular complexity index is 1650. The van der Waals surface area contributed by atoms with Crippen LogP contribution in [0.25, 0.3) is 22.3 Å². The van der Waals surface area contributed by atoms with Crippen molar-refractivity contribution in [3.63, 3.8) is 0 Å². The first kappa shape index (κ1) is 27.0. The van der Waals surface area contributed by atoms with Gasteiger partial charge in [0.25, 0.3) is 10.0 Å². The fraction of sp³-hybridized carbons (Fsp3) is 0.308. The number of rotatable bonds is 5. The molecule has 1 aliphatic carbocycles. The third-order valence-electron chi connectivity index (χ3n) is 6.75. The van der Waals surface area contributed by atoms with E-state index in [9.17, 15) is 30.4 Å². The van der Waals surface area contributed by atoms with Crippen molar-refractivity contribution < 1.29 is 30.4 Å². The number of hydrogen-bond acceptors (Lipinski definition) is 6. The fourth-order valence-corrected chi connectivity index (χ4v) is 6.14. The van der Waals surface area contributed by atoms with E-state index in [2.05, 4.69) is 15.3 Å². The van der Waals surface area contributed by atoms with Crippen LogP contribution in [0.1, 0.15) is 36.8 Å². The molecular formula is C26H24F5N5O2S. The molecule has 0 saturated heterocycles. The lowest BCUT2D eigenvalue weighted by atomic mass is 9.91. The number of anilines is 1. The number of aromatic nitrogens is 3. The molecule has 1 aliphatic rings. The number of nitrogens with one attached hydrogen (secondary N) is 1. The van der Waals surface area contributed by atoms with Crippen LogP contribution >= 0.6 is 0 Å². The van der Waals surface area contributed by atoms with Crippen molar-refractivity contribution in [2.45, 2.75) is 55.8 Å². The van der Waals surface area contributed by atoms with Crippen molar-refractivity contribution in [3.05, 3.63) is 71.6 Å². The van der Waals surface area contributed by atoms with Crippen LogP contribution in [0.5, 0.6) is 0 Å². The third kappa shape index (κ3) is 5.20. The van der Waals surface area contributed by atoms with Gasteiger partial charge in [-0.15, -0.1) is 0 Å². The van der Waals surface area contributed by atoms with Gasteiger partial charge in [-0.05, 0) is 56.9 Å². The first-order chi connectivity index (χ1) is 18.3. The molecule has 5 rings (SSSR count). The minimum Gasteiger partial charge on any atom is -0.365 e. The van der Waals surface area contributed by atoms with Gasteiger partial charge >= 0.3 is 6.18 Å². The molecule has 1 fully saturated rings. The molecule has 1 aromatic carbocycles. The first-order valence-electron chi connectivity index (χ1n) is 12.1. The predicted octanol–water partition coefficient (Wildman–Crippen LogP) is 5.62. The minimum atomic E-state index is -5.06. The highest BCUT2D eigenvalue weighted by atomic mass is 32.2. The zero-order valence-electron chi connectivity index (χ0n) is 20.6. The van der Waals surface area contributed by atoms with E-state index >= 15 is 0 Å². The number of pyridine rings is 2. The van der Waals surface area contributed by atoms with Gasteiger partial charge in [0, 0.05) is 29.2 Å². The summed E-state index contributed by atoms with van der Waals surface area (Å²) in [6.07, 6.45) is -0.768. The highest BCUT2D eigenvalue weighted by Crippen LogP contribution is 2.41. The van der Waals surface area contributed by atoms with Crippen LogP contribution in [0.4, 0.5) is 27.8 Å². The average Bonchev–Trinajstić information content (AvgIpc) is 3.24. The van der Waals surface area contributed by atoms with Crippen molar-refractivity contribution in [1.82, 2.24) is 13.9 Å². The summed E-state index contributed by atoms with van der Waals surface area (Å²) >= 11 is 0. The largest absolute Gasteiger partial charge is 0.418 e. The second-order valence-corrected chi connectivity index (χ2v) is 11.5. The maximum Gasteiger partial charge on any atom is 0.418 e. The van der Waals surface area contributed by atoms with Gasteiger partial charge in [0.05, 0.1) is 22.3 Å². The van der Waals surface area contributed by atoms with E-state index in [-0.39, 0.29) is 33.6 Å². The standard InChI is InChI=1S/C26H24F5N5O2S/c1-14-5-7-18(8-6-14)39(37,38)36-13-20(19-9-15(27)12-33-25(19)36)23-21(26(29,30)31)11-22(28)24(35-23)34-17-4-2-3-16(32)10-17/h5-9,11-13,16-17H,2-4,10,32H2,1H3,(H,34,35)/t16-,17+/m1/s1. The number of hydrogen-bond donors (Lipinski definition) is 2. The van der Waals surface area contributed by atoms with E-state index in [1.54, 1.807) is 19.1 Å². The Labute approximate surface area is 220 Å². The molecule has 3 N–H and O–H groups in total. The van der Waals surface area contributed by atoms with Crippen molar-refractivity contribution in [2.75, 3.05) is 5.32 Å². The maximum absolute atomic E-state index is 14.9. The number of benzene rings is 1. The summed E-state index contributed by atoms with van der Waals surface area (Å²) in [6, 6.07) is 6.52. The average molecular weight is 566 g/mol. The molecule has 4 aromatic rings. The van der Waals surface area contributed by atoms with Crippen molar-refractivity contribution in [1.29, 1.82) is 0 Å². The second-order valence-electron chi connectivity index (χ2n) is 9.66. The normalized spacial score (nSPS) is 18.4. The van der Waals surface area contributed by atoms with E-state index in [4.69, 9.17) is 5.73 Å². The van der Waals surface area contributed by atoms with E-state index in [1.807, 2.05) is 0 Å². The lowest BCUT2D eigenvalue weighted by Gasteiger charge is -2.28. The number of nitrogens with zero attached hydrogens (tertiary/aromatic N) is 3. The van der Waals surface area contributed by atoms with Gasteiger partial charge in [-0.3, -0.25) is 0 Å². The topological polar surface area (TPSA) is 103 Å².